The van der Waals surface area contributed by atoms with Crippen molar-refractivity contribution in [2.75, 3.05) is 18.1 Å². The Balaban J connectivity index is 1.92. The number of carbonyl (C=O) groups excluding carboxylic acids is 2. The third-order valence-corrected chi connectivity index (χ3v) is 12.6. The Morgan fingerprint density at radius 3 is 1.41 bits per heavy atom. The minimum absolute atomic E-state index is 0.0304. The smallest absolute Gasteiger partial charge is 0.306 e. The first-order valence-corrected chi connectivity index (χ1v) is 23.1. The van der Waals surface area contributed by atoms with Crippen molar-refractivity contribution in [1.82, 2.24) is 0 Å². The second-order valence-electron chi connectivity index (χ2n) is 18.3. The highest BCUT2D eigenvalue weighted by molar-refractivity contribution is 7.99. The summed E-state index contributed by atoms with van der Waals surface area (Å²) in [4.78, 5) is 26.3. The largest absolute Gasteiger partial charge is 0.507 e. The summed E-state index contributed by atoms with van der Waals surface area (Å²) in [6.45, 7) is 22.6. The second kappa shape index (κ2) is 25.0. The summed E-state index contributed by atoms with van der Waals surface area (Å²) in [5, 5.41) is 21.6. The molecule has 1 atom stereocenters. The normalized spacial score (nSPS) is 12.6. The van der Waals surface area contributed by atoms with Gasteiger partial charge in [-0.2, -0.15) is 11.8 Å². The van der Waals surface area contributed by atoms with Crippen molar-refractivity contribution in [3.05, 3.63) is 56.6 Å². The molecule has 0 aliphatic rings. The lowest BCUT2D eigenvalue weighted by Gasteiger charge is -2.24. The Bertz CT molecular complexity index is 1500. The first-order valence-electron chi connectivity index (χ1n) is 22.0. The number of hydrogen-bond donors (Lipinski definition) is 2. The van der Waals surface area contributed by atoms with E-state index in [1.807, 2.05) is 39.8 Å². The zero-order valence-corrected chi connectivity index (χ0v) is 38.3. The van der Waals surface area contributed by atoms with Crippen LogP contribution in [0.25, 0.3) is 0 Å². The summed E-state index contributed by atoms with van der Waals surface area (Å²) in [6, 6.07) is 4.05. The highest BCUT2D eigenvalue weighted by atomic mass is 32.2. The minimum Gasteiger partial charge on any atom is -0.507 e. The molecule has 0 bridgehead atoms. The number of hydrogen-bond acceptors (Lipinski definition) is 7. The fraction of sp³-hybridized carbons (Fsp3) is 0.714. The standard InChI is InChI=1S/C49H80O6S/c1-12-13-14-15-16-17-18-19-20-21-22-23-24-25-30-56-34-41(55-45(51)29-27-40-32-43(49(9,10)11)47(53)38(5)36(40)3)33-54-44(50)28-26-39-31-42(48(6,7)8)46(52)37(4)35(39)2/h31-32,41,52-53H,12-30,33-34H2,1-11H3. The number of carbonyl (C=O) groups is 2. The number of benzene rings is 2. The Kier molecular flexibility index (Phi) is 22.0. The van der Waals surface area contributed by atoms with Gasteiger partial charge in [0.15, 0.2) is 0 Å². The van der Waals surface area contributed by atoms with Gasteiger partial charge in [0.25, 0.3) is 0 Å². The zero-order valence-electron chi connectivity index (χ0n) is 37.5. The van der Waals surface area contributed by atoms with E-state index in [1.54, 1.807) is 11.8 Å². The van der Waals surface area contributed by atoms with Crippen LogP contribution in [0.5, 0.6) is 11.5 Å². The zero-order chi connectivity index (χ0) is 41.9. The van der Waals surface area contributed by atoms with Gasteiger partial charge >= 0.3 is 11.9 Å². The van der Waals surface area contributed by atoms with Gasteiger partial charge < -0.3 is 19.7 Å². The van der Waals surface area contributed by atoms with E-state index in [0.717, 1.165) is 56.7 Å². The lowest BCUT2D eigenvalue weighted by atomic mass is 9.82. The van der Waals surface area contributed by atoms with Gasteiger partial charge in [-0.1, -0.05) is 144 Å². The van der Waals surface area contributed by atoms with Crippen molar-refractivity contribution in [3.63, 3.8) is 0 Å². The molecule has 2 aromatic rings. The van der Waals surface area contributed by atoms with Crippen LogP contribution in [0.2, 0.25) is 0 Å². The van der Waals surface area contributed by atoms with E-state index in [-0.39, 0.29) is 42.2 Å². The molecule has 0 fully saturated rings. The van der Waals surface area contributed by atoms with Crippen LogP contribution in [0.4, 0.5) is 0 Å². The first kappa shape index (κ1) is 49.5. The summed E-state index contributed by atoms with van der Waals surface area (Å²) in [6.07, 6.45) is 19.5. The molecule has 7 heteroatoms. The molecular weight excluding hydrogens is 717 g/mol. The molecule has 0 aliphatic heterocycles. The van der Waals surface area contributed by atoms with Crippen LogP contribution in [-0.2, 0) is 42.7 Å². The topological polar surface area (TPSA) is 93.1 Å². The number of phenols is 2. The molecule has 2 aromatic carbocycles. The lowest BCUT2D eigenvalue weighted by molar-refractivity contribution is -0.157. The molecule has 2 N–H and O–H groups in total. The van der Waals surface area contributed by atoms with Crippen LogP contribution in [-0.4, -0.2) is 46.4 Å². The van der Waals surface area contributed by atoms with Crippen molar-refractivity contribution >= 4 is 23.7 Å². The van der Waals surface area contributed by atoms with Crippen LogP contribution >= 0.6 is 11.8 Å². The molecule has 1 unspecified atom stereocenters. The molecule has 0 radical (unpaired) electrons. The molecule has 0 aromatic heterocycles. The van der Waals surface area contributed by atoms with Gasteiger partial charge in [0.2, 0.25) is 0 Å². The fourth-order valence-corrected chi connectivity index (χ4v) is 8.31. The van der Waals surface area contributed by atoms with Gasteiger partial charge in [-0.3, -0.25) is 9.59 Å². The van der Waals surface area contributed by atoms with E-state index in [4.69, 9.17) is 9.47 Å². The third kappa shape index (κ3) is 17.4. The van der Waals surface area contributed by atoms with E-state index < -0.39 is 6.10 Å². The number of thioether (sulfide) groups is 1. The van der Waals surface area contributed by atoms with Crippen molar-refractivity contribution in [2.45, 2.75) is 209 Å². The molecule has 0 amide bonds. The van der Waals surface area contributed by atoms with E-state index in [1.165, 1.54) is 83.5 Å². The average Bonchev–Trinajstić information content (AvgIpc) is 3.13. The van der Waals surface area contributed by atoms with Crippen molar-refractivity contribution in [1.29, 1.82) is 0 Å². The van der Waals surface area contributed by atoms with Crippen LogP contribution in [0.3, 0.4) is 0 Å². The summed E-state index contributed by atoms with van der Waals surface area (Å²) in [5.41, 5.74) is 7.03. The highest BCUT2D eigenvalue weighted by Crippen LogP contribution is 2.38. The number of esters is 2. The average molecular weight is 797 g/mol. The van der Waals surface area contributed by atoms with Crippen LogP contribution in [0, 0.1) is 27.7 Å². The Labute approximate surface area is 346 Å². The summed E-state index contributed by atoms with van der Waals surface area (Å²) < 4.78 is 11.7. The molecule has 6 nitrogen and oxygen atoms in total. The summed E-state index contributed by atoms with van der Waals surface area (Å²) in [5.74, 6) is 1.57. The fourth-order valence-electron chi connectivity index (χ4n) is 7.31. The molecule has 0 aliphatic carbocycles. The molecular formula is C49H80O6S. The SMILES string of the molecule is CCCCCCCCCCCCCCCCSCC(COC(=O)CCc1cc(C(C)(C)C)c(O)c(C)c1C)OC(=O)CCc1cc(C(C)(C)C)c(O)c(C)c1C. The number of rotatable bonds is 26. The predicted molar refractivity (Wildman–Crippen MR) is 238 cm³/mol. The maximum atomic E-state index is 13.3. The maximum absolute atomic E-state index is 13.3. The highest BCUT2D eigenvalue weighted by Gasteiger charge is 2.25. The quantitative estimate of drug-likeness (QED) is 0.0723. The molecule has 0 heterocycles. The van der Waals surface area contributed by atoms with Gasteiger partial charge in [0.05, 0.1) is 0 Å². The second-order valence-corrected chi connectivity index (χ2v) is 19.5. The minimum atomic E-state index is -0.527. The Morgan fingerprint density at radius 1 is 0.607 bits per heavy atom. The van der Waals surface area contributed by atoms with E-state index >= 15 is 0 Å². The third-order valence-electron chi connectivity index (χ3n) is 11.4. The van der Waals surface area contributed by atoms with Gasteiger partial charge in [0, 0.05) is 18.6 Å². The molecule has 318 valence electrons. The van der Waals surface area contributed by atoms with Gasteiger partial charge in [-0.15, -0.1) is 0 Å². The Morgan fingerprint density at radius 2 is 1.00 bits per heavy atom. The number of unbranched alkanes of at least 4 members (excludes halogenated alkanes) is 13. The van der Waals surface area contributed by atoms with E-state index in [9.17, 15) is 19.8 Å². The van der Waals surface area contributed by atoms with Gasteiger partial charge in [-0.25, -0.2) is 0 Å². The molecule has 2 rings (SSSR count). The molecule has 0 saturated carbocycles. The van der Waals surface area contributed by atoms with Gasteiger partial charge in [-0.05, 0) is 108 Å². The molecule has 56 heavy (non-hydrogen) atoms. The van der Waals surface area contributed by atoms with Crippen LogP contribution < -0.4 is 0 Å². The number of aryl methyl sites for hydroxylation is 2. The number of phenolic OH excluding ortho intramolecular Hbond substituents is 2. The predicted octanol–water partition coefficient (Wildman–Crippen LogP) is 13.2. The first-order chi connectivity index (χ1) is 26.4. The van der Waals surface area contributed by atoms with Crippen molar-refractivity contribution in [3.8, 4) is 11.5 Å². The molecule has 0 spiro atoms. The number of ether oxygens (including phenoxy) is 2. The molecule has 0 saturated heterocycles. The van der Waals surface area contributed by atoms with Gasteiger partial charge in [0.1, 0.15) is 24.2 Å². The Hall–Kier alpha value is -2.67. The monoisotopic (exact) mass is 797 g/mol. The summed E-state index contributed by atoms with van der Waals surface area (Å²) in [7, 11) is 0. The maximum Gasteiger partial charge on any atom is 0.306 e. The number of aromatic hydroxyl groups is 2. The summed E-state index contributed by atoms with van der Waals surface area (Å²) >= 11 is 1.76. The van der Waals surface area contributed by atoms with Crippen molar-refractivity contribution in [2.24, 2.45) is 0 Å². The van der Waals surface area contributed by atoms with E-state index in [2.05, 4.69) is 48.5 Å². The van der Waals surface area contributed by atoms with Crippen LogP contribution in [0.15, 0.2) is 12.1 Å². The van der Waals surface area contributed by atoms with E-state index in [0.29, 0.717) is 30.1 Å². The van der Waals surface area contributed by atoms with Crippen molar-refractivity contribution < 1.29 is 29.3 Å². The lowest BCUT2D eigenvalue weighted by Crippen LogP contribution is -2.28. The van der Waals surface area contributed by atoms with Crippen LogP contribution in [0.1, 0.15) is 196 Å².